The summed E-state index contributed by atoms with van der Waals surface area (Å²) in [7, 11) is 0. The molecule has 1 aliphatic rings. The number of para-hydroxylation sites is 1. The standard InChI is InChI=1S/C21H20N4O2.C2HF3O2/c26-20(16-10-12-22-17-8-2-1-7-15(16)17)25-18-9-4-11-23-19(18)21(27)24-13-14-5-3-6-14;3-2(4,5)1(6)7/h1-2,4,7-12,14H,3,5-6,13H2,(H,24,27)(H,25,26);(H,6,7). The number of hydrogen-bond acceptors (Lipinski definition) is 5. The third-order valence-corrected chi connectivity index (χ3v) is 5.18. The second-order valence-electron chi connectivity index (χ2n) is 7.54. The van der Waals surface area contributed by atoms with Gasteiger partial charge in [0.25, 0.3) is 11.8 Å². The minimum absolute atomic E-state index is 0.225. The molecule has 2 amide bonds. The number of anilines is 1. The lowest BCUT2D eigenvalue weighted by molar-refractivity contribution is -0.192. The molecule has 0 bridgehead atoms. The number of carboxylic acids is 1. The van der Waals surface area contributed by atoms with Crippen molar-refractivity contribution >= 4 is 34.4 Å². The van der Waals surface area contributed by atoms with Gasteiger partial charge in [0, 0.05) is 24.3 Å². The fraction of sp³-hybridized carbons (Fsp3) is 0.261. The van der Waals surface area contributed by atoms with E-state index in [1.807, 2.05) is 24.3 Å². The van der Waals surface area contributed by atoms with Crippen LogP contribution in [0, 0.1) is 5.92 Å². The molecule has 8 nitrogen and oxygen atoms in total. The van der Waals surface area contributed by atoms with Crippen molar-refractivity contribution < 1.29 is 32.7 Å². The third-order valence-electron chi connectivity index (χ3n) is 5.18. The van der Waals surface area contributed by atoms with Gasteiger partial charge in [-0.1, -0.05) is 24.6 Å². The van der Waals surface area contributed by atoms with Crippen LogP contribution >= 0.6 is 0 Å². The van der Waals surface area contributed by atoms with Crippen molar-refractivity contribution in [2.75, 3.05) is 11.9 Å². The number of rotatable bonds is 5. The van der Waals surface area contributed by atoms with Crippen molar-refractivity contribution in [2.24, 2.45) is 5.92 Å². The summed E-state index contributed by atoms with van der Waals surface area (Å²) in [5.41, 5.74) is 1.87. The Morgan fingerprint density at radius 3 is 2.32 bits per heavy atom. The van der Waals surface area contributed by atoms with Crippen LogP contribution in [0.1, 0.15) is 40.1 Å². The molecule has 2 heterocycles. The maximum atomic E-state index is 12.8. The normalized spacial score (nSPS) is 13.3. The van der Waals surface area contributed by atoms with Crippen molar-refractivity contribution in [3.8, 4) is 0 Å². The smallest absolute Gasteiger partial charge is 0.475 e. The monoisotopic (exact) mass is 474 g/mol. The van der Waals surface area contributed by atoms with Gasteiger partial charge in [-0.25, -0.2) is 9.78 Å². The fourth-order valence-electron chi connectivity index (χ4n) is 3.19. The number of carboxylic acid groups (broad SMARTS) is 1. The van der Waals surface area contributed by atoms with Crippen molar-refractivity contribution in [1.82, 2.24) is 15.3 Å². The predicted molar refractivity (Wildman–Crippen MR) is 117 cm³/mol. The van der Waals surface area contributed by atoms with Crippen LogP contribution in [-0.2, 0) is 4.79 Å². The van der Waals surface area contributed by atoms with E-state index in [2.05, 4.69) is 20.6 Å². The fourth-order valence-corrected chi connectivity index (χ4v) is 3.19. The highest BCUT2D eigenvalue weighted by molar-refractivity contribution is 6.14. The number of carbonyl (C=O) groups is 3. The van der Waals surface area contributed by atoms with Crippen molar-refractivity contribution in [3.63, 3.8) is 0 Å². The Kier molecular flexibility index (Phi) is 7.77. The van der Waals surface area contributed by atoms with Crippen molar-refractivity contribution in [3.05, 3.63) is 66.1 Å². The van der Waals surface area contributed by atoms with E-state index in [1.54, 1.807) is 30.6 Å². The molecule has 0 unspecified atom stereocenters. The number of benzene rings is 1. The molecular formula is C23H21F3N4O4. The first-order chi connectivity index (χ1) is 16.2. The van der Waals surface area contributed by atoms with Crippen LogP contribution < -0.4 is 10.6 Å². The molecule has 1 saturated carbocycles. The molecule has 4 rings (SSSR count). The lowest BCUT2D eigenvalue weighted by Crippen LogP contribution is -2.33. The molecular weight excluding hydrogens is 453 g/mol. The zero-order valence-corrected chi connectivity index (χ0v) is 17.8. The maximum absolute atomic E-state index is 12.8. The van der Waals surface area contributed by atoms with Gasteiger partial charge in [0.1, 0.15) is 0 Å². The summed E-state index contributed by atoms with van der Waals surface area (Å²) in [6.45, 7) is 0.651. The maximum Gasteiger partial charge on any atom is 0.490 e. The molecule has 3 aromatic rings. The van der Waals surface area contributed by atoms with Gasteiger partial charge < -0.3 is 15.7 Å². The second-order valence-corrected chi connectivity index (χ2v) is 7.54. The molecule has 0 radical (unpaired) electrons. The number of hydrogen-bond donors (Lipinski definition) is 3. The average Bonchev–Trinajstić information content (AvgIpc) is 2.77. The van der Waals surface area contributed by atoms with E-state index < -0.39 is 12.1 Å². The summed E-state index contributed by atoms with van der Waals surface area (Å²) in [4.78, 5) is 42.7. The molecule has 178 valence electrons. The number of pyridine rings is 2. The van der Waals surface area contributed by atoms with E-state index in [1.165, 1.54) is 6.42 Å². The number of nitrogens with one attached hydrogen (secondary N) is 2. The van der Waals surface area contributed by atoms with Gasteiger partial charge >= 0.3 is 12.1 Å². The van der Waals surface area contributed by atoms with E-state index in [9.17, 15) is 22.8 Å². The highest BCUT2D eigenvalue weighted by Crippen LogP contribution is 2.25. The SMILES string of the molecule is O=C(NCC1CCC1)c1ncccc1NC(=O)c1ccnc2ccccc12.O=C(O)C(F)(F)F. The topological polar surface area (TPSA) is 121 Å². The Labute approximate surface area is 192 Å². The lowest BCUT2D eigenvalue weighted by Gasteiger charge is -2.25. The highest BCUT2D eigenvalue weighted by Gasteiger charge is 2.38. The summed E-state index contributed by atoms with van der Waals surface area (Å²) >= 11 is 0. The number of fused-ring (bicyclic) bond motifs is 1. The molecule has 1 fully saturated rings. The Bertz CT molecular complexity index is 1190. The van der Waals surface area contributed by atoms with Crippen LogP contribution in [-0.4, -0.2) is 45.6 Å². The molecule has 3 N–H and O–H groups in total. The van der Waals surface area contributed by atoms with Crippen LogP contribution in [0.3, 0.4) is 0 Å². The van der Waals surface area contributed by atoms with Gasteiger partial charge in [-0.3, -0.25) is 14.6 Å². The largest absolute Gasteiger partial charge is 0.490 e. The Hall–Kier alpha value is -4.02. The van der Waals surface area contributed by atoms with E-state index in [0.717, 1.165) is 23.7 Å². The first-order valence-corrected chi connectivity index (χ1v) is 10.3. The first kappa shape index (κ1) is 24.6. The Balaban J connectivity index is 0.000000406. The number of halogens is 3. The van der Waals surface area contributed by atoms with Gasteiger partial charge in [0.05, 0.1) is 16.8 Å². The van der Waals surface area contributed by atoms with Crippen LogP contribution in [0.15, 0.2) is 54.9 Å². The Morgan fingerprint density at radius 1 is 0.971 bits per heavy atom. The third kappa shape index (κ3) is 6.27. The summed E-state index contributed by atoms with van der Waals surface area (Å²) < 4.78 is 31.7. The van der Waals surface area contributed by atoms with Gasteiger partial charge in [-0.2, -0.15) is 13.2 Å². The van der Waals surface area contributed by atoms with E-state index in [-0.39, 0.29) is 17.5 Å². The number of aliphatic carboxylic acids is 1. The van der Waals surface area contributed by atoms with E-state index in [0.29, 0.717) is 23.7 Å². The molecule has 1 aliphatic carbocycles. The van der Waals surface area contributed by atoms with Crippen LogP contribution in [0.4, 0.5) is 18.9 Å². The molecule has 1 aromatic carbocycles. The quantitative estimate of drug-likeness (QED) is 0.513. The first-order valence-electron chi connectivity index (χ1n) is 10.3. The van der Waals surface area contributed by atoms with Gasteiger partial charge in [0.15, 0.2) is 5.69 Å². The molecule has 2 aromatic heterocycles. The summed E-state index contributed by atoms with van der Waals surface area (Å²) in [5, 5.41) is 13.6. The Morgan fingerprint density at radius 2 is 1.68 bits per heavy atom. The molecule has 0 saturated heterocycles. The van der Waals surface area contributed by atoms with Gasteiger partial charge in [0.2, 0.25) is 0 Å². The minimum atomic E-state index is -5.08. The summed E-state index contributed by atoms with van der Waals surface area (Å²) in [6.07, 6.45) is 1.61. The van der Waals surface area contributed by atoms with Crippen LogP contribution in [0.5, 0.6) is 0 Å². The van der Waals surface area contributed by atoms with Crippen LogP contribution in [0.25, 0.3) is 10.9 Å². The second kappa shape index (κ2) is 10.7. The van der Waals surface area contributed by atoms with Crippen molar-refractivity contribution in [1.29, 1.82) is 0 Å². The number of nitrogens with zero attached hydrogens (tertiary/aromatic N) is 2. The number of alkyl halides is 3. The number of aromatic nitrogens is 2. The molecule has 0 aliphatic heterocycles. The van der Waals surface area contributed by atoms with Crippen LogP contribution in [0.2, 0.25) is 0 Å². The van der Waals surface area contributed by atoms with Gasteiger partial charge in [-0.15, -0.1) is 0 Å². The lowest BCUT2D eigenvalue weighted by atomic mass is 9.85. The zero-order chi connectivity index (χ0) is 24.7. The zero-order valence-electron chi connectivity index (χ0n) is 17.8. The average molecular weight is 474 g/mol. The molecule has 34 heavy (non-hydrogen) atoms. The predicted octanol–water partition coefficient (Wildman–Crippen LogP) is 4.05. The summed E-state index contributed by atoms with van der Waals surface area (Å²) in [6, 6.07) is 12.5. The minimum Gasteiger partial charge on any atom is -0.475 e. The summed E-state index contributed by atoms with van der Waals surface area (Å²) in [5.74, 6) is -2.77. The van der Waals surface area contributed by atoms with E-state index in [4.69, 9.17) is 9.90 Å². The molecule has 11 heteroatoms. The van der Waals surface area contributed by atoms with Crippen molar-refractivity contribution in [2.45, 2.75) is 25.4 Å². The number of carbonyl (C=O) groups excluding carboxylic acids is 2. The van der Waals surface area contributed by atoms with E-state index >= 15 is 0 Å². The molecule has 0 atom stereocenters. The molecule has 0 spiro atoms. The number of amides is 2. The highest BCUT2D eigenvalue weighted by atomic mass is 19.4. The van der Waals surface area contributed by atoms with Gasteiger partial charge in [-0.05, 0) is 43.0 Å².